The van der Waals surface area contributed by atoms with Crippen molar-refractivity contribution in [3.63, 3.8) is 0 Å². The number of Topliss-reactive ketones (excluding diaryl/α,β-unsaturated/α-hetero) is 1. The molecule has 0 bridgehead atoms. The van der Waals surface area contributed by atoms with Crippen LogP contribution in [0.5, 0.6) is 0 Å². The second-order valence-electron chi connectivity index (χ2n) is 4.95. The van der Waals surface area contributed by atoms with Gasteiger partial charge in [-0.2, -0.15) is 0 Å². The van der Waals surface area contributed by atoms with E-state index in [4.69, 9.17) is 0 Å². The van der Waals surface area contributed by atoms with E-state index in [0.717, 1.165) is 6.07 Å². The number of benzene rings is 1. The topological polar surface area (TPSA) is 37.4 Å². The maximum Gasteiger partial charge on any atom is 0.256 e. The van der Waals surface area contributed by atoms with E-state index in [1.165, 1.54) is 17.9 Å². The van der Waals surface area contributed by atoms with E-state index in [-0.39, 0.29) is 42.3 Å². The number of hydrogen-bond acceptors (Lipinski definition) is 2. The van der Waals surface area contributed by atoms with Crippen LogP contribution in [0.4, 0.5) is 8.78 Å². The molecule has 1 aliphatic rings. The highest BCUT2D eigenvalue weighted by atomic mass is 19.1. The van der Waals surface area contributed by atoms with Crippen LogP contribution in [-0.4, -0.2) is 29.7 Å². The van der Waals surface area contributed by atoms with Gasteiger partial charge in [-0.05, 0) is 18.6 Å². The molecule has 19 heavy (non-hydrogen) atoms. The number of piperidine rings is 1. The van der Waals surface area contributed by atoms with Crippen molar-refractivity contribution in [2.75, 3.05) is 13.1 Å². The largest absolute Gasteiger partial charge is 0.337 e. The van der Waals surface area contributed by atoms with E-state index in [9.17, 15) is 18.4 Å². The summed E-state index contributed by atoms with van der Waals surface area (Å²) in [7, 11) is 0. The van der Waals surface area contributed by atoms with Crippen molar-refractivity contribution in [2.24, 2.45) is 5.92 Å². The number of rotatable bonds is 1. The Morgan fingerprint density at radius 3 is 2.63 bits per heavy atom. The highest BCUT2D eigenvalue weighted by Gasteiger charge is 2.28. The third-order valence-electron chi connectivity index (χ3n) is 3.44. The molecule has 0 N–H and O–H groups in total. The van der Waals surface area contributed by atoms with Gasteiger partial charge in [0.25, 0.3) is 5.91 Å². The maximum atomic E-state index is 13.7. The predicted molar refractivity (Wildman–Crippen MR) is 65.8 cm³/mol. The van der Waals surface area contributed by atoms with Gasteiger partial charge in [0.2, 0.25) is 0 Å². The van der Waals surface area contributed by atoms with Crippen molar-refractivity contribution in [3.05, 3.63) is 34.9 Å². The standard InChI is InChI=1S/C14H15F2NO2/c1-8-5-10(12(16)6-11(8)15)14(19)17-4-3-13(18)9(2)7-17/h5-6,9H,3-4,7H2,1-2H3. The molecule has 102 valence electrons. The molecule has 1 heterocycles. The molecule has 0 saturated carbocycles. The summed E-state index contributed by atoms with van der Waals surface area (Å²) in [6.45, 7) is 3.80. The van der Waals surface area contributed by atoms with Gasteiger partial charge in [0.1, 0.15) is 17.4 Å². The molecule has 0 aromatic heterocycles. The molecule has 0 spiro atoms. The van der Waals surface area contributed by atoms with Crippen LogP contribution in [-0.2, 0) is 4.79 Å². The van der Waals surface area contributed by atoms with Gasteiger partial charge in [0.15, 0.2) is 0 Å². The monoisotopic (exact) mass is 267 g/mol. The number of likely N-dealkylation sites (tertiary alicyclic amines) is 1. The van der Waals surface area contributed by atoms with E-state index in [1.807, 2.05) is 0 Å². The number of aryl methyl sites for hydroxylation is 1. The Labute approximate surface area is 110 Å². The zero-order chi connectivity index (χ0) is 14.2. The van der Waals surface area contributed by atoms with E-state index < -0.39 is 17.5 Å². The third-order valence-corrected chi connectivity index (χ3v) is 3.44. The molecule has 1 atom stereocenters. The summed E-state index contributed by atoms with van der Waals surface area (Å²) in [4.78, 5) is 25.0. The molecular weight excluding hydrogens is 252 g/mol. The Morgan fingerprint density at radius 1 is 1.32 bits per heavy atom. The second kappa shape index (κ2) is 5.07. The summed E-state index contributed by atoms with van der Waals surface area (Å²) in [5.41, 5.74) is 0.0892. The van der Waals surface area contributed by atoms with E-state index in [0.29, 0.717) is 0 Å². The van der Waals surface area contributed by atoms with Crippen LogP contribution >= 0.6 is 0 Å². The van der Waals surface area contributed by atoms with Crippen LogP contribution in [0.25, 0.3) is 0 Å². The fourth-order valence-corrected chi connectivity index (χ4v) is 2.19. The minimum absolute atomic E-state index is 0.111. The smallest absolute Gasteiger partial charge is 0.256 e. The lowest BCUT2D eigenvalue weighted by molar-refractivity contribution is -0.124. The molecule has 1 aromatic rings. The zero-order valence-corrected chi connectivity index (χ0v) is 10.9. The van der Waals surface area contributed by atoms with Gasteiger partial charge in [0.05, 0.1) is 5.56 Å². The second-order valence-corrected chi connectivity index (χ2v) is 4.95. The average Bonchev–Trinajstić information content (AvgIpc) is 2.36. The molecule has 1 saturated heterocycles. The lowest BCUT2D eigenvalue weighted by Gasteiger charge is -2.30. The van der Waals surface area contributed by atoms with Crippen LogP contribution in [0.2, 0.25) is 0 Å². The van der Waals surface area contributed by atoms with Crippen LogP contribution in [0.1, 0.15) is 29.3 Å². The fourth-order valence-electron chi connectivity index (χ4n) is 2.19. The van der Waals surface area contributed by atoms with Crippen molar-refractivity contribution >= 4 is 11.7 Å². The summed E-state index contributed by atoms with van der Waals surface area (Å²) in [5, 5.41) is 0. The van der Waals surface area contributed by atoms with Crippen LogP contribution < -0.4 is 0 Å². The fraction of sp³-hybridized carbons (Fsp3) is 0.429. The first-order chi connectivity index (χ1) is 8.90. The van der Waals surface area contributed by atoms with Crippen LogP contribution in [0.3, 0.4) is 0 Å². The summed E-state index contributed by atoms with van der Waals surface area (Å²) >= 11 is 0. The Bertz CT molecular complexity index is 542. The van der Waals surface area contributed by atoms with Crippen LogP contribution in [0, 0.1) is 24.5 Å². The number of ketones is 1. The molecule has 2 rings (SSSR count). The van der Waals surface area contributed by atoms with Gasteiger partial charge in [-0.15, -0.1) is 0 Å². The summed E-state index contributed by atoms with van der Waals surface area (Å²) in [5.74, 6) is -2.14. The van der Waals surface area contributed by atoms with Crippen LogP contribution in [0.15, 0.2) is 12.1 Å². The normalized spacial score (nSPS) is 19.7. The third kappa shape index (κ3) is 2.64. The van der Waals surface area contributed by atoms with Crippen molar-refractivity contribution in [1.29, 1.82) is 0 Å². The zero-order valence-electron chi connectivity index (χ0n) is 10.9. The minimum Gasteiger partial charge on any atom is -0.337 e. The van der Waals surface area contributed by atoms with Gasteiger partial charge >= 0.3 is 0 Å². The first kappa shape index (κ1) is 13.6. The summed E-state index contributed by atoms with van der Waals surface area (Å²) in [6, 6.07) is 1.94. The SMILES string of the molecule is Cc1cc(C(=O)N2CCC(=O)C(C)C2)c(F)cc1F. The Kier molecular flexibility index (Phi) is 3.64. The minimum atomic E-state index is -0.863. The van der Waals surface area contributed by atoms with Crippen molar-refractivity contribution < 1.29 is 18.4 Å². The molecule has 1 aromatic carbocycles. The maximum absolute atomic E-state index is 13.7. The molecule has 3 nitrogen and oxygen atoms in total. The Hall–Kier alpha value is -1.78. The highest BCUT2D eigenvalue weighted by molar-refractivity contribution is 5.96. The Balaban J connectivity index is 2.25. The number of nitrogens with zero attached hydrogens (tertiary/aromatic N) is 1. The lowest BCUT2D eigenvalue weighted by atomic mass is 9.97. The Morgan fingerprint density at radius 2 is 2.00 bits per heavy atom. The van der Waals surface area contributed by atoms with Crippen molar-refractivity contribution in [1.82, 2.24) is 4.90 Å². The highest BCUT2D eigenvalue weighted by Crippen LogP contribution is 2.19. The van der Waals surface area contributed by atoms with Crippen molar-refractivity contribution in [2.45, 2.75) is 20.3 Å². The van der Waals surface area contributed by atoms with E-state index in [1.54, 1.807) is 6.92 Å². The van der Waals surface area contributed by atoms with Gasteiger partial charge in [-0.3, -0.25) is 9.59 Å². The molecule has 1 amide bonds. The molecule has 5 heteroatoms. The quantitative estimate of drug-likeness (QED) is 0.783. The molecule has 0 aliphatic carbocycles. The number of halogens is 2. The van der Waals surface area contributed by atoms with Gasteiger partial charge in [0, 0.05) is 31.5 Å². The van der Waals surface area contributed by atoms with E-state index >= 15 is 0 Å². The van der Waals surface area contributed by atoms with Gasteiger partial charge in [-0.25, -0.2) is 8.78 Å². The number of amides is 1. The number of hydrogen-bond donors (Lipinski definition) is 0. The number of carbonyl (C=O) groups excluding carboxylic acids is 2. The molecule has 1 aliphatic heterocycles. The average molecular weight is 267 g/mol. The van der Waals surface area contributed by atoms with Gasteiger partial charge in [-0.1, -0.05) is 6.92 Å². The lowest BCUT2D eigenvalue weighted by Crippen LogP contribution is -2.43. The molecular formula is C14H15F2NO2. The van der Waals surface area contributed by atoms with Crippen molar-refractivity contribution in [3.8, 4) is 0 Å². The predicted octanol–water partition coefficient (Wildman–Crippen LogP) is 2.32. The van der Waals surface area contributed by atoms with Gasteiger partial charge < -0.3 is 4.90 Å². The molecule has 1 fully saturated rings. The molecule has 1 unspecified atom stereocenters. The summed E-state index contributed by atoms with van der Waals surface area (Å²) < 4.78 is 26.8. The summed E-state index contributed by atoms with van der Waals surface area (Å²) in [6.07, 6.45) is 0.286. The van der Waals surface area contributed by atoms with E-state index in [2.05, 4.69) is 0 Å². The first-order valence-electron chi connectivity index (χ1n) is 6.17. The first-order valence-corrected chi connectivity index (χ1v) is 6.17. The number of carbonyl (C=O) groups is 2. The molecule has 0 radical (unpaired) electrons.